The van der Waals surface area contributed by atoms with Gasteiger partial charge in [-0.2, -0.15) is 0 Å². The van der Waals surface area contributed by atoms with Gasteiger partial charge in [-0.3, -0.25) is 9.78 Å². The van der Waals surface area contributed by atoms with Crippen LogP contribution in [-0.4, -0.2) is 10.9 Å². The molecule has 2 aromatic rings. The van der Waals surface area contributed by atoms with Crippen LogP contribution in [0.1, 0.15) is 40.3 Å². The summed E-state index contributed by atoms with van der Waals surface area (Å²) in [6, 6.07) is 8.77. The van der Waals surface area contributed by atoms with Gasteiger partial charge in [0.1, 0.15) is 0 Å². The number of rotatable bonds is 3. The van der Waals surface area contributed by atoms with Crippen molar-refractivity contribution in [3.8, 4) is 0 Å². The highest BCUT2D eigenvalue weighted by molar-refractivity contribution is 6.42. The number of hydrogen-bond acceptors (Lipinski definition) is 2. The minimum atomic E-state index is -0.173. The average Bonchev–Trinajstić information content (AvgIpc) is 2.41. The molecule has 0 saturated heterocycles. The highest BCUT2D eigenvalue weighted by Crippen LogP contribution is 2.25. The van der Waals surface area contributed by atoms with Crippen molar-refractivity contribution in [1.82, 2.24) is 10.3 Å². The summed E-state index contributed by atoms with van der Waals surface area (Å²) in [7, 11) is 0. The van der Waals surface area contributed by atoms with Crippen LogP contribution in [0.2, 0.25) is 10.0 Å². The molecular formula is C16H16Cl2N2O. The topological polar surface area (TPSA) is 42.0 Å². The van der Waals surface area contributed by atoms with Crippen LogP contribution in [0.25, 0.3) is 0 Å². The highest BCUT2D eigenvalue weighted by Gasteiger charge is 2.14. The van der Waals surface area contributed by atoms with Crippen LogP contribution in [0.3, 0.4) is 0 Å². The lowest BCUT2D eigenvalue weighted by Crippen LogP contribution is -2.27. The first-order valence-corrected chi connectivity index (χ1v) is 7.34. The average molecular weight is 323 g/mol. The molecule has 0 spiro atoms. The molecule has 21 heavy (non-hydrogen) atoms. The molecule has 1 N–H and O–H groups in total. The third-order valence-electron chi connectivity index (χ3n) is 3.26. The summed E-state index contributed by atoms with van der Waals surface area (Å²) in [6.07, 6.45) is 0. The monoisotopic (exact) mass is 322 g/mol. The van der Waals surface area contributed by atoms with Crippen molar-refractivity contribution >= 4 is 29.1 Å². The van der Waals surface area contributed by atoms with Crippen molar-refractivity contribution in [3.05, 3.63) is 62.9 Å². The van der Waals surface area contributed by atoms with Gasteiger partial charge >= 0.3 is 0 Å². The molecular weight excluding hydrogens is 307 g/mol. The van der Waals surface area contributed by atoms with E-state index < -0.39 is 0 Å². The molecule has 0 aliphatic heterocycles. The smallest absolute Gasteiger partial charge is 0.253 e. The molecule has 1 aromatic carbocycles. The number of aromatic nitrogens is 1. The second kappa shape index (κ2) is 6.46. The van der Waals surface area contributed by atoms with Crippen molar-refractivity contribution in [1.29, 1.82) is 0 Å². The third-order valence-corrected chi connectivity index (χ3v) is 4.00. The molecule has 5 heteroatoms. The Morgan fingerprint density at radius 1 is 1.14 bits per heavy atom. The Morgan fingerprint density at radius 2 is 1.86 bits per heavy atom. The molecule has 1 unspecified atom stereocenters. The van der Waals surface area contributed by atoms with Crippen molar-refractivity contribution in [3.63, 3.8) is 0 Å². The van der Waals surface area contributed by atoms with Gasteiger partial charge in [-0.25, -0.2) is 0 Å². The van der Waals surface area contributed by atoms with Gasteiger partial charge in [-0.1, -0.05) is 29.3 Å². The Labute approximate surface area is 134 Å². The first kappa shape index (κ1) is 15.8. The van der Waals surface area contributed by atoms with E-state index in [-0.39, 0.29) is 11.9 Å². The number of nitrogens with zero attached hydrogens (tertiary/aromatic N) is 1. The van der Waals surface area contributed by atoms with Crippen molar-refractivity contribution < 1.29 is 4.79 Å². The first-order valence-electron chi connectivity index (χ1n) is 6.58. The summed E-state index contributed by atoms with van der Waals surface area (Å²) < 4.78 is 0. The van der Waals surface area contributed by atoms with E-state index >= 15 is 0 Å². The predicted octanol–water partition coefficient (Wildman–Crippen LogP) is 4.50. The minimum absolute atomic E-state index is 0.154. The predicted molar refractivity (Wildman–Crippen MR) is 86.1 cm³/mol. The van der Waals surface area contributed by atoms with Crippen LogP contribution < -0.4 is 5.32 Å². The maximum absolute atomic E-state index is 12.3. The number of pyridine rings is 1. The standard InChI is InChI=1S/C16H16Cl2N2O/c1-9-4-6-13(11(3)19-9)16(21)20-10(2)12-5-7-14(17)15(18)8-12/h4-8,10H,1-3H3,(H,20,21). The number of hydrogen-bond donors (Lipinski definition) is 1. The summed E-state index contributed by atoms with van der Waals surface area (Å²) in [5.74, 6) is -0.154. The SMILES string of the molecule is Cc1ccc(C(=O)NC(C)c2ccc(Cl)c(Cl)c2)c(C)n1. The number of carbonyl (C=O) groups excluding carboxylic acids is 1. The molecule has 0 aliphatic carbocycles. The molecule has 0 radical (unpaired) electrons. The molecule has 1 aromatic heterocycles. The van der Waals surface area contributed by atoms with Gasteiger partial charge in [0.2, 0.25) is 0 Å². The second-order valence-corrected chi connectivity index (χ2v) is 5.77. The van der Waals surface area contributed by atoms with Gasteiger partial charge in [-0.15, -0.1) is 0 Å². The quantitative estimate of drug-likeness (QED) is 0.904. The number of halogens is 2. The number of amides is 1. The fourth-order valence-electron chi connectivity index (χ4n) is 2.07. The van der Waals surface area contributed by atoms with Gasteiger partial charge in [0.15, 0.2) is 0 Å². The summed E-state index contributed by atoms with van der Waals surface area (Å²) in [5.41, 5.74) is 3.08. The van der Waals surface area contributed by atoms with E-state index in [1.807, 2.05) is 32.9 Å². The molecule has 0 fully saturated rings. The number of nitrogens with one attached hydrogen (secondary N) is 1. The van der Waals surface area contributed by atoms with E-state index in [1.54, 1.807) is 18.2 Å². The molecule has 1 heterocycles. The van der Waals surface area contributed by atoms with E-state index in [0.717, 1.165) is 11.3 Å². The van der Waals surface area contributed by atoms with E-state index in [4.69, 9.17) is 23.2 Å². The Hall–Kier alpha value is -1.58. The van der Waals surface area contributed by atoms with E-state index in [1.165, 1.54) is 0 Å². The van der Waals surface area contributed by atoms with Crippen LogP contribution in [0.5, 0.6) is 0 Å². The summed E-state index contributed by atoms with van der Waals surface area (Å²) in [4.78, 5) is 16.6. The van der Waals surface area contributed by atoms with Crippen LogP contribution in [-0.2, 0) is 0 Å². The molecule has 0 aliphatic rings. The second-order valence-electron chi connectivity index (χ2n) is 4.95. The third kappa shape index (κ3) is 3.74. The molecule has 0 saturated carbocycles. The number of benzene rings is 1. The molecule has 1 amide bonds. The van der Waals surface area contributed by atoms with E-state index in [0.29, 0.717) is 21.3 Å². The van der Waals surface area contributed by atoms with Crippen LogP contribution >= 0.6 is 23.2 Å². The Kier molecular flexibility index (Phi) is 4.86. The maximum atomic E-state index is 12.3. The highest BCUT2D eigenvalue weighted by atomic mass is 35.5. The maximum Gasteiger partial charge on any atom is 0.253 e. The van der Waals surface area contributed by atoms with Crippen LogP contribution in [0, 0.1) is 13.8 Å². The van der Waals surface area contributed by atoms with Gasteiger partial charge in [0.05, 0.1) is 27.3 Å². The van der Waals surface area contributed by atoms with Gasteiger partial charge < -0.3 is 5.32 Å². The zero-order valence-electron chi connectivity index (χ0n) is 12.1. The van der Waals surface area contributed by atoms with Gasteiger partial charge in [-0.05, 0) is 50.6 Å². The summed E-state index contributed by atoms with van der Waals surface area (Å²) >= 11 is 11.9. The zero-order chi connectivity index (χ0) is 15.6. The molecule has 2 rings (SSSR count). The normalized spacial score (nSPS) is 12.0. The first-order chi connectivity index (χ1) is 9.88. The zero-order valence-corrected chi connectivity index (χ0v) is 13.6. The Bertz CT molecular complexity index is 686. The van der Waals surface area contributed by atoms with Crippen LogP contribution in [0.4, 0.5) is 0 Å². The number of aryl methyl sites for hydroxylation is 2. The van der Waals surface area contributed by atoms with Crippen molar-refractivity contribution in [2.24, 2.45) is 0 Å². The minimum Gasteiger partial charge on any atom is -0.345 e. The Morgan fingerprint density at radius 3 is 2.48 bits per heavy atom. The van der Waals surface area contributed by atoms with Crippen molar-refractivity contribution in [2.75, 3.05) is 0 Å². The van der Waals surface area contributed by atoms with E-state index in [9.17, 15) is 4.79 Å². The van der Waals surface area contributed by atoms with E-state index in [2.05, 4.69) is 10.3 Å². The van der Waals surface area contributed by atoms with Crippen LogP contribution in [0.15, 0.2) is 30.3 Å². The largest absolute Gasteiger partial charge is 0.345 e. The van der Waals surface area contributed by atoms with Crippen molar-refractivity contribution in [2.45, 2.75) is 26.8 Å². The fourth-order valence-corrected chi connectivity index (χ4v) is 2.37. The fraction of sp³-hybridized carbons (Fsp3) is 0.250. The Balaban J connectivity index is 2.16. The molecule has 110 valence electrons. The molecule has 0 bridgehead atoms. The lowest BCUT2D eigenvalue weighted by atomic mass is 10.1. The molecule has 1 atom stereocenters. The molecule has 3 nitrogen and oxygen atoms in total. The number of carbonyl (C=O) groups is 1. The van der Waals surface area contributed by atoms with Gasteiger partial charge in [0, 0.05) is 5.69 Å². The van der Waals surface area contributed by atoms with Gasteiger partial charge in [0.25, 0.3) is 5.91 Å². The summed E-state index contributed by atoms with van der Waals surface area (Å²) in [6.45, 7) is 5.62. The lowest BCUT2D eigenvalue weighted by molar-refractivity contribution is 0.0939. The lowest BCUT2D eigenvalue weighted by Gasteiger charge is -2.16. The summed E-state index contributed by atoms with van der Waals surface area (Å²) in [5, 5.41) is 3.91.